The number of carbonyl (C=O) groups excluding carboxylic acids is 3. The predicted octanol–water partition coefficient (Wildman–Crippen LogP) is 2.60. The lowest BCUT2D eigenvalue weighted by atomic mass is 10.1. The Hall–Kier alpha value is -3.05. The molecule has 1 aliphatic rings. The summed E-state index contributed by atoms with van der Waals surface area (Å²) in [4.78, 5) is 52.1. The van der Waals surface area contributed by atoms with Gasteiger partial charge in [-0.15, -0.1) is 0 Å². The maximum absolute atomic E-state index is 13.0. The van der Waals surface area contributed by atoms with E-state index in [0.29, 0.717) is 17.5 Å². The van der Waals surface area contributed by atoms with Crippen LogP contribution in [0.2, 0.25) is 0 Å². The molecule has 0 saturated carbocycles. The second kappa shape index (κ2) is 11.4. The number of halogens is 1. The molecule has 1 fully saturated rings. The normalized spacial score (nSPS) is 21.6. The van der Waals surface area contributed by atoms with Crippen LogP contribution in [0.5, 0.6) is 0 Å². The molecule has 34 heavy (non-hydrogen) atoms. The Labute approximate surface area is 204 Å². The molecule has 0 spiro atoms. The van der Waals surface area contributed by atoms with E-state index in [-0.39, 0.29) is 18.3 Å². The van der Waals surface area contributed by atoms with Gasteiger partial charge in [0.2, 0.25) is 0 Å². The Balaban J connectivity index is 1.94. The van der Waals surface area contributed by atoms with Gasteiger partial charge in [-0.3, -0.25) is 19.0 Å². The number of nitrogens with zero attached hydrogens (tertiary/aromatic N) is 2. The Morgan fingerprint density at radius 1 is 1.18 bits per heavy atom. The van der Waals surface area contributed by atoms with Crippen molar-refractivity contribution in [1.29, 1.82) is 0 Å². The molecule has 1 amide bonds. The van der Waals surface area contributed by atoms with Crippen molar-refractivity contribution in [3.63, 3.8) is 0 Å². The molecule has 3 rings (SSSR count). The highest BCUT2D eigenvalue weighted by Gasteiger charge is 2.47. The summed E-state index contributed by atoms with van der Waals surface area (Å²) in [5.74, 6) is -1.28. The summed E-state index contributed by atoms with van der Waals surface area (Å²) in [7, 11) is 0. The molecular weight excluding hydrogens is 510 g/mol. The molecule has 2 heterocycles. The first-order valence-corrected chi connectivity index (χ1v) is 11.7. The van der Waals surface area contributed by atoms with E-state index in [9.17, 15) is 19.2 Å². The number of ether oxygens (including phenoxy) is 3. The van der Waals surface area contributed by atoms with Crippen LogP contribution < -0.4 is 11.0 Å². The number of anilines is 1. The molecule has 4 atom stereocenters. The molecule has 10 nitrogen and oxygen atoms in total. The van der Waals surface area contributed by atoms with Gasteiger partial charge in [-0.05, 0) is 18.6 Å². The third-order valence-electron chi connectivity index (χ3n) is 5.11. The Bertz CT molecular complexity index is 1110. The highest BCUT2D eigenvalue weighted by Crippen LogP contribution is 2.36. The Morgan fingerprint density at radius 3 is 2.50 bits per heavy atom. The predicted molar refractivity (Wildman–Crippen MR) is 126 cm³/mol. The van der Waals surface area contributed by atoms with Crippen LogP contribution in [0.4, 0.5) is 5.82 Å². The van der Waals surface area contributed by atoms with Gasteiger partial charge in [0, 0.05) is 31.2 Å². The van der Waals surface area contributed by atoms with Crippen LogP contribution in [0.15, 0.2) is 41.3 Å². The summed E-state index contributed by atoms with van der Waals surface area (Å²) in [6.07, 6.45) is 0.243. The van der Waals surface area contributed by atoms with Gasteiger partial charge >= 0.3 is 17.6 Å². The first-order chi connectivity index (χ1) is 16.2. The van der Waals surface area contributed by atoms with Crippen LogP contribution in [0, 0.1) is 0 Å². The van der Waals surface area contributed by atoms with Crippen molar-refractivity contribution in [2.75, 3.05) is 11.9 Å². The molecular formula is C23H26BrN3O7. The van der Waals surface area contributed by atoms with Gasteiger partial charge in [0.05, 0.1) is 4.83 Å². The standard InChI is InChI=1S/C23H26BrN3O7/c1-4-8-16-11-27(23(31)26-20(16)25-21(30)15-9-6-5-7-10-15)22-19(33-14(3)29)18(24)17(34-22)12-32-13(2)28/h5-7,9-11,17-19,22H,4,8,12H2,1-3H3,(H,25,26,30,31)/t17-,18+,19-,22-/m1/s1. The lowest BCUT2D eigenvalue weighted by Crippen LogP contribution is -2.37. The smallest absolute Gasteiger partial charge is 0.351 e. The van der Waals surface area contributed by atoms with E-state index in [1.54, 1.807) is 36.5 Å². The van der Waals surface area contributed by atoms with Gasteiger partial charge in [0.25, 0.3) is 5.91 Å². The molecule has 0 unspecified atom stereocenters. The van der Waals surface area contributed by atoms with E-state index in [2.05, 4.69) is 26.2 Å². The number of aromatic nitrogens is 2. The average molecular weight is 536 g/mol. The summed E-state index contributed by atoms with van der Waals surface area (Å²) >= 11 is 3.45. The molecule has 11 heteroatoms. The second-order valence-corrected chi connectivity index (χ2v) is 8.82. The number of alkyl halides is 1. The first-order valence-electron chi connectivity index (χ1n) is 10.8. The molecule has 1 N–H and O–H groups in total. The number of amides is 1. The summed E-state index contributed by atoms with van der Waals surface area (Å²) in [5.41, 5.74) is 0.352. The van der Waals surface area contributed by atoms with Crippen LogP contribution in [0.1, 0.15) is 49.3 Å². The Morgan fingerprint density at radius 2 is 1.88 bits per heavy atom. The Kier molecular flexibility index (Phi) is 8.56. The van der Waals surface area contributed by atoms with Gasteiger partial charge in [-0.25, -0.2) is 4.79 Å². The van der Waals surface area contributed by atoms with Gasteiger partial charge < -0.3 is 19.5 Å². The van der Waals surface area contributed by atoms with E-state index in [1.807, 2.05) is 6.92 Å². The molecule has 0 radical (unpaired) electrons. The molecule has 0 bridgehead atoms. The monoisotopic (exact) mass is 535 g/mol. The summed E-state index contributed by atoms with van der Waals surface area (Å²) in [5, 5.41) is 2.71. The molecule has 1 aromatic heterocycles. The van der Waals surface area contributed by atoms with Gasteiger partial charge in [-0.1, -0.05) is 47.5 Å². The lowest BCUT2D eigenvalue weighted by Gasteiger charge is -2.22. The molecule has 1 saturated heterocycles. The number of carbonyl (C=O) groups is 3. The van der Waals surface area contributed by atoms with E-state index in [4.69, 9.17) is 14.2 Å². The van der Waals surface area contributed by atoms with E-state index < -0.39 is 40.9 Å². The number of benzene rings is 1. The largest absolute Gasteiger partial charge is 0.463 e. The number of esters is 2. The highest BCUT2D eigenvalue weighted by atomic mass is 79.9. The molecule has 1 aliphatic heterocycles. The molecule has 0 aliphatic carbocycles. The van der Waals surface area contributed by atoms with Crippen molar-refractivity contribution in [3.8, 4) is 0 Å². The molecule has 182 valence electrons. The lowest BCUT2D eigenvalue weighted by molar-refractivity contribution is -0.153. The summed E-state index contributed by atoms with van der Waals surface area (Å²) in [6, 6.07) is 8.59. The second-order valence-electron chi connectivity index (χ2n) is 7.76. The maximum Gasteiger partial charge on any atom is 0.351 e. The fourth-order valence-corrected chi connectivity index (χ4v) is 4.24. The quantitative estimate of drug-likeness (QED) is 0.403. The number of aryl methyl sites for hydroxylation is 1. The van der Waals surface area contributed by atoms with Crippen LogP contribution in [-0.2, 0) is 30.2 Å². The maximum atomic E-state index is 13.0. The number of hydrogen-bond acceptors (Lipinski definition) is 8. The summed E-state index contributed by atoms with van der Waals surface area (Å²) in [6.45, 7) is 4.39. The van der Waals surface area contributed by atoms with E-state index in [0.717, 1.165) is 6.42 Å². The van der Waals surface area contributed by atoms with Crippen LogP contribution >= 0.6 is 15.9 Å². The summed E-state index contributed by atoms with van der Waals surface area (Å²) < 4.78 is 17.7. The van der Waals surface area contributed by atoms with Crippen molar-refractivity contribution in [2.45, 2.75) is 56.9 Å². The topological polar surface area (TPSA) is 126 Å². The van der Waals surface area contributed by atoms with Crippen molar-refractivity contribution in [2.24, 2.45) is 0 Å². The minimum atomic E-state index is -1.01. The molecule has 2 aromatic rings. The number of nitrogens with one attached hydrogen (secondary N) is 1. The zero-order chi connectivity index (χ0) is 24.8. The van der Waals surface area contributed by atoms with Crippen LogP contribution in [-0.4, -0.2) is 51.0 Å². The number of rotatable bonds is 8. The third kappa shape index (κ3) is 6.09. The van der Waals surface area contributed by atoms with Gasteiger partial charge in [-0.2, -0.15) is 4.98 Å². The third-order valence-corrected chi connectivity index (χ3v) is 6.22. The van der Waals surface area contributed by atoms with Crippen molar-refractivity contribution in [3.05, 3.63) is 58.1 Å². The zero-order valence-electron chi connectivity index (χ0n) is 19.0. The highest BCUT2D eigenvalue weighted by molar-refractivity contribution is 9.09. The molecule has 1 aromatic carbocycles. The van der Waals surface area contributed by atoms with Gasteiger partial charge in [0.1, 0.15) is 18.5 Å². The minimum absolute atomic E-state index is 0.0886. The van der Waals surface area contributed by atoms with Crippen molar-refractivity contribution < 1.29 is 28.6 Å². The minimum Gasteiger partial charge on any atom is -0.463 e. The van der Waals surface area contributed by atoms with Gasteiger partial charge in [0.15, 0.2) is 12.3 Å². The SMILES string of the molecule is CCCc1cn([C@@H]2O[C@H](COC(C)=O)[C@H](Br)[C@H]2OC(C)=O)c(=O)nc1NC(=O)c1ccccc1. The van der Waals surface area contributed by atoms with Crippen LogP contribution in [0.3, 0.4) is 0 Å². The fraction of sp³-hybridized carbons (Fsp3) is 0.435. The first kappa shape index (κ1) is 25.6. The zero-order valence-corrected chi connectivity index (χ0v) is 20.6. The van der Waals surface area contributed by atoms with E-state index >= 15 is 0 Å². The van der Waals surface area contributed by atoms with E-state index in [1.165, 1.54) is 18.4 Å². The average Bonchev–Trinajstić information content (AvgIpc) is 3.09. The van der Waals surface area contributed by atoms with Crippen LogP contribution in [0.25, 0.3) is 0 Å². The number of hydrogen-bond donors (Lipinski definition) is 1. The van der Waals surface area contributed by atoms with Crippen molar-refractivity contribution >= 4 is 39.6 Å². The van der Waals surface area contributed by atoms with Crippen molar-refractivity contribution in [1.82, 2.24) is 9.55 Å². The fourth-order valence-electron chi connectivity index (χ4n) is 3.59.